The zero-order valence-corrected chi connectivity index (χ0v) is 8.86. The predicted molar refractivity (Wildman–Crippen MR) is 60.3 cm³/mol. The monoisotopic (exact) mass is 202 g/mol. The van der Waals surface area contributed by atoms with Crippen molar-refractivity contribution in [1.82, 2.24) is 9.38 Å². The van der Waals surface area contributed by atoms with Crippen molar-refractivity contribution in [2.75, 3.05) is 0 Å². The van der Waals surface area contributed by atoms with Gasteiger partial charge in [0, 0.05) is 5.92 Å². The van der Waals surface area contributed by atoms with Gasteiger partial charge in [0.2, 0.25) is 0 Å². The molecule has 0 saturated carbocycles. The summed E-state index contributed by atoms with van der Waals surface area (Å²) in [5.74, 6) is 1.32. The Kier molecular flexibility index (Phi) is 2.19. The minimum Gasteiger partial charge on any atom is -0.382 e. The second-order valence-electron chi connectivity index (χ2n) is 3.86. The van der Waals surface area contributed by atoms with E-state index in [4.69, 9.17) is 11.1 Å². The first-order valence-corrected chi connectivity index (χ1v) is 4.92. The van der Waals surface area contributed by atoms with E-state index in [1.807, 2.05) is 28.8 Å². The third-order valence-electron chi connectivity index (χ3n) is 2.37. The number of hydrogen-bond acceptors (Lipinski definition) is 2. The summed E-state index contributed by atoms with van der Waals surface area (Å²) < 4.78 is 1.94. The van der Waals surface area contributed by atoms with Crippen LogP contribution in [-0.2, 0) is 0 Å². The average molecular weight is 202 g/mol. The van der Waals surface area contributed by atoms with Crippen molar-refractivity contribution >= 4 is 11.4 Å². The first-order chi connectivity index (χ1) is 7.11. The van der Waals surface area contributed by atoms with E-state index in [-0.39, 0.29) is 5.84 Å². The molecule has 15 heavy (non-hydrogen) atoms. The number of pyridine rings is 1. The summed E-state index contributed by atoms with van der Waals surface area (Å²) in [6.07, 6.45) is 1.81. The molecule has 0 bridgehead atoms. The quantitative estimate of drug-likeness (QED) is 0.575. The van der Waals surface area contributed by atoms with Crippen molar-refractivity contribution in [3.8, 4) is 0 Å². The van der Waals surface area contributed by atoms with E-state index in [0.29, 0.717) is 11.6 Å². The van der Waals surface area contributed by atoms with Gasteiger partial charge in [-0.3, -0.25) is 9.81 Å². The number of amidine groups is 1. The SMILES string of the molecule is CC(C)c1ncc2cccc(C(=N)N)n12. The molecule has 0 amide bonds. The number of nitrogens with one attached hydrogen (secondary N) is 1. The molecule has 4 heteroatoms. The van der Waals surface area contributed by atoms with Crippen LogP contribution in [0.4, 0.5) is 0 Å². The molecule has 0 aliphatic rings. The molecule has 2 aromatic heterocycles. The summed E-state index contributed by atoms with van der Waals surface area (Å²) in [6.45, 7) is 4.15. The molecule has 0 radical (unpaired) electrons. The second kappa shape index (κ2) is 3.38. The van der Waals surface area contributed by atoms with Gasteiger partial charge in [0.25, 0.3) is 0 Å². The van der Waals surface area contributed by atoms with Gasteiger partial charge >= 0.3 is 0 Å². The molecule has 2 aromatic rings. The number of aromatic nitrogens is 2. The second-order valence-corrected chi connectivity index (χ2v) is 3.86. The van der Waals surface area contributed by atoms with Crippen molar-refractivity contribution in [2.45, 2.75) is 19.8 Å². The Balaban J connectivity index is 2.80. The van der Waals surface area contributed by atoms with Crippen molar-refractivity contribution in [3.05, 3.63) is 35.9 Å². The highest BCUT2D eigenvalue weighted by Gasteiger charge is 2.11. The van der Waals surface area contributed by atoms with Crippen molar-refractivity contribution in [3.63, 3.8) is 0 Å². The Bertz CT molecular complexity index is 510. The van der Waals surface area contributed by atoms with E-state index < -0.39 is 0 Å². The smallest absolute Gasteiger partial charge is 0.140 e. The molecule has 2 rings (SSSR count). The molecular formula is C11H14N4. The average Bonchev–Trinajstić information content (AvgIpc) is 2.60. The lowest BCUT2D eigenvalue weighted by Crippen LogP contribution is -2.17. The largest absolute Gasteiger partial charge is 0.382 e. The Morgan fingerprint density at radius 1 is 1.47 bits per heavy atom. The van der Waals surface area contributed by atoms with Crippen LogP contribution in [0.1, 0.15) is 31.3 Å². The number of nitrogen functional groups attached to an aromatic ring is 1. The molecule has 0 aliphatic heterocycles. The maximum absolute atomic E-state index is 7.52. The number of imidazole rings is 1. The molecule has 0 saturated heterocycles. The highest BCUT2D eigenvalue weighted by atomic mass is 15.0. The molecule has 0 atom stereocenters. The summed E-state index contributed by atoms with van der Waals surface area (Å²) in [5.41, 5.74) is 7.22. The van der Waals surface area contributed by atoms with Gasteiger partial charge in [0.1, 0.15) is 11.7 Å². The minimum absolute atomic E-state index is 0.0699. The fourth-order valence-corrected chi connectivity index (χ4v) is 1.69. The van der Waals surface area contributed by atoms with Crippen LogP contribution in [-0.4, -0.2) is 15.2 Å². The van der Waals surface area contributed by atoms with Crippen LogP contribution in [0.25, 0.3) is 5.52 Å². The van der Waals surface area contributed by atoms with E-state index in [1.165, 1.54) is 0 Å². The first-order valence-electron chi connectivity index (χ1n) is 4.92. The molecule has 0 aromatic carbocycles. The maximum atomic E-state index is 7.52. The highest BCUT2D eigenvalue weighted by molar-refractivity contribution is 5.94. The normalized spacial score (nSPS) is 11.1. The summed E-state index contributed by atoms with van der Waals surface area (Å²) in [4.78, 5) is 4.35. The lowest BCUT2D eigenvalue weighted by molar-refractivity contribution is 0.767. The third kappa shape index (κ3) is 1.48. The van der Waals surface area contributed by atoms with Gasteiger partial charge in [-0.2, -0.15) is 0 Å². The van der Waals surface area contributed by atoms with E-state index in [1.54, 1.807) is 0 Å². The highest BCUT2D eigenvalue weighted by Crippen LogP contribution is 2.17. The molecule has 0 fully saturated rings. The van der Waals surface area contributed by atoms with Crippen LogP contribution in [0.15, 0.2) is 24.4 Å². The molecular weight excluding hydrogens is 188 g/mol. The molecule has 0 unspecified atom stereocenters. The molecule has 2 heterocycles. The van der Waals surface area contributed by atoms with Crippen LogP contribution < -0.4 is 5.73 Å². The van der Waals surface area contributed by atoms with E-state index in [2.05, 4.69) is 18.8 Å². The van der Waals surface area contributed by atoms with Crippen LogP contribution in [0.5, 0.6) is 0 Å². The standard InChI is InChI=1S/C11H14N4/c1-7(2)11-14-6-8-4-3-5-9(10(12)13)15(8)11/h3-7H,1-2H3,(H3,12,13). The van der Waals surface area contributed by atoms with E-state index in [9.17, 15) is 0 Å². The number of fused-ring (bicyclic) bond motifs is 1. The number of nitrogens with two attached hydrogens (primary N) is 1. The number of nitrogens with zero attached hydrogens (tertiary/aromatic N) is 2. The van der Waals surface area contributed by atoms with Crippen molar-refractivity contribution in [1.29, 1.82) is 5.41 Å². The van der Waals surface area contributed by atoms with Crippen LogP contribution >= 0.6 is 0 Å². The van der Waals surface area contributed by atoms with Gasteiger partial charge in [0.05, 0.1) is 17.4 Å². The van der Waals surface area contributed by atoms with Gasteiger partial charge in [-0.25, -0.2) is 4.98 Å². The lowest BCUT2D eigenvalue weighted by Gasteiger charge is -2.09. The van der Waals surface area contributed by atoms with Gasteiger partial charge in [-0.05, 0) is 12.1 Å². The Labute approximate surface area is 88.3 Å². The Morgan fingerprint density at radius 2 is 2.20 bits per heavy atom. The predicted octanol–water partition coefficient (Wildman–Crippen LogP) is 1.74. The Morgan fingerprint density at radius 3 is 2.80 bits per heavy atom. The van der Waals surface area contributed by atoms with Crippen LogP contribution in [0.3, 0.4) is 0 Å². The summed E-state index contributed by atoms with van der Waals surface area (Å²) in [6, 6.07) is 5.69. The maximum Gasteiger partial charge on any atom is 0.140 e. The molecule has 3 N–H and O–H groups in total. The van der Waals surface area contributed by atoms with E-state index >= 15 is 0 Å². The first kappa shape index (κ1) is 9.71. The molecule has 0 aliphatic carbocycles. The topological polar surface area (TPSA) is 67.2 Å². The zero-order chi connectivity index (χ0) is 11.0. The fraction of sp³-hybridized carbons (Fsp3) is 0.273. The summed E-state index contributed by atoms with van der Waals surface area (Å²) in [5, 5.41) is 7.52. The molecule has 78 valence electrons. The lowest BCUT2D eigenvalue weighted by atomic mass is 10.2. The summed E-state index contributed by atoms with van der Waals surface area (Å²) >= 11 is 0. The third-order valence-corrected chi connectivity index (χ3v) is 2.37. The number of rotatable bonds is 2. The van der Waals surface area contributed by atoms with Crippen molar-refractivity contribution in [2.24, 2.45) is 5.73 Å². The van der Waals surface area contributed by atoms with Gasteiger partial charge in [-0.15, -0.1) is 0 Å². The zero-order valence-electron chi connectivity index (χ0n) is 8.86. The van der Waals surface area contributed by atoms with E-state index in [0.717, 1.165) is 11.3 Å². The van der Waals surface area contributed by atoms with Gasteiger partial charge < -0.3 is 5.73 Å². The van der Waals surface area contributed by atoms with Crippen LogP contribution in [0.2, 0.25) is 0 Å². The van der Waals surface area contributed by atoms with Crippen LogP contribution in [0, 0.1) is 5.41 Å². The molecule has 4 nitrogen and oxygen atoms in total. The fourth-order valence-electron chi connectivity index (χ4n) is 1.69. The molecule has 0 spiro atoms. The Hall–Kier alpha value is -1.84. The van der Waals surface area contributed by atoms with Gasteiger partial charge in [0.15, 0.2) is 0 Å². The van der Waals surface area contributed by atoms with Gasteiger partial charge in [-0.1, -0.05) is 19.9 Å². The number of hydrogen-bond donors (Lipinski definition) is 2. The summed E-state index contributed by atoms with van der Waals surface area (Å²) in [7, 11) is 0. The van der Waals surface area contributed by atoms with Crippen molar-refractivity contribution < 1.29 is 0 Å². The minimum atomic E-state index is 0.0699.